The van der Waals surface area contributed by atoms with Gasteiger partial charge in [0.25, 0.3) is 5.91 Å². The number of hydrogen-bond donors (Lipinski definition) is 2. The molecule has 6 nitrogen and oxygen atoms in total. The highest BCUT2D eigenvalue weighted by Crippen LogP contribution is 2.17. The van der Waals surface area contributed by atoms with E-state index < -0.39 is 0 Å². The molecule has 0 atom stereocenters. The molecule has 2 N–H and O–H groups in total. The molecule has 1 heterocycles. The van der Waals surface area contributed by atoms with Gasteiger partial charge in [-0.3, -0.25) is 4.79 Å². The van der Waals surface area contributed by atoms with E-state index in [1.807, 2.05) is 24.3 Å². The summed E-state index contributed by atoms with van der Waals surface area (Å²) >= 11 is 0. The van der Waals surface area contributed by atoms with Gasteiger partial charge in [-0.15, -0.1) is 6.58 Å². The average Bonchev–Trinajstić information content (AvgIpc) is 2.60. The minimum Gasteiger partial charge on any atom is -0.496 e. The lowest BCUT2D eigenvalue weighted by molar-refractivity contribution is 0.0953. The zero-order valence-corrected chi connectivity index (χ0v) is 13.1. The van der Waals surface area contributed by atoms with Crippen LogP contribution in [0.2, 0.25) is 0 Å². The van der Waals surface area contributed by atoms with Crippen molar-refractivity contribution in [2.45, 2.75) is 6.42 Å². The molecule has 0 aliphatic carbocycles. The van der Waals surface area contributed by atoms with Crippen LogP contribution >= 0.6 is 0 Å². The van der Waals surface area contributed by atoms with E-state index in [9.17, 15) is 4.79 Å². The number of amides is 1. The van der Waals surface area contributed by atoms with Crippen molar-refractivity contribution < 1.29 is 9.53 Å². The van der Waals surface area contributed by atoms with Gasteiger partial charge in [0, 0.05) is 19.2 Å². The van der Waals surface area contributed by atoms with E-state index in [0.717, 1.165) is 17.7 Å². The molecule has 0 saturated carbocycles. The van der Waals surface area contributed by atoms with Crippen LogP contribution in [0.3, 0.4) is 0 Å². The van der Waals surface area contributed by atoms with Crippen molar-refractivity contribution in [3.8, 4) is 5.75 Å². The topological polar surface area (TPSA) is 76.1 Å². The Morgan fingerprint density at radius 1 is 1.35 bits per heavy atom. The van der Waals surface area contributed by atoms with Crippen molar-refractivity contribution in [3.05, 3.63) is 60.6 Å². The molecule has 2 aromatic rings. The van der Waals surface area contributed by atoms with Gasteiger partial charge >= 0.3 is 0 Å². The lowest BCUT2D eigenvalue weighted by atomic mass is 10.1. The number of nitrogens with zero attached hydrogens (tertiary/aromatic N) is 2. The Kier molecular flexibility index (Phi) is 6.11. The first-order valence-electron chi connectivity index (χ1n) is 7.31. The summed E-state index contributed by atoms with van der Waals surface area (Å²) < 4.78 is 5.32. The smallest absolute Gasteiger partial charge is 0.270 e. The van der Waals surface area contributed by atoms with Gasteiger partial charge in [0.1, 0.15) is 23.6 Å². The van der Waals surface area contributed by atoms with Crippen molar-refractivity contribution >= 4 is 11.7 Å². The molecular formula is C17H20N4O2. The summed E-state index contributed by atoms with van der Waals surface area (Å²) in [6.07, 6.45) is 3.77. The predicted molar refractivity (Wildman–Crippen MR) is 89.7 cm³/mol. The molecule has 0 aliphatic rings. The lowest BCUT2D eigenvalue weighted by Crippen LogP contribution is -2.24. The fourth-order valence-corrected chi connectivity index (χ4v) is 2.07. The van der Waals surface area contributed by atoms with Gasteiger partial charge in [0.15, 0.2) is 0 Å². The summed E-state index contributed by atoms with van der Waals surface area (Å²) in [6.45, 7) is 4.63. The molecule has 0 unspecified atom stereocenters. The van der Waals surface area contributed by atoms with Crippen LogP contribution in [0.25, 0.3) is 0 Å². The summed E-state index contributed by atoms with van der Waals surface area (Å²) in [5.74, 6) is 1.22. The molecule has 0 aliphatic heterocycles. The minimum atomic E-state index is -0.250. The number of anilines is 1. The first kappa shape index (κ1) is 16.5. The Morgan fingerprint density at radius 2 is 2.17 bits per heavy atom. The number of rotatable bonds is 8. The molecule has 0 saturated heterocycles. The molecule has 0 radical (unpaired) electrons. The van der Waals surface area contributed by atoms with Gasteiger partial charge in [0.05, 0.1) is 7.11 Å². The van der Waals surface area contributed by atoms with Crippen LogP contribution in [0.5, 0.6) is 5.75 Å². The maximum Gasteiger partial charge on any atom is 0.270 e. The van der Waals surface area contributed by atoms with Crippen LogP contribution < -0.4 is 15.4 Å². The van der Waals surface area contributed by atoms with Crippen molar-refractivity contribution in [2.24, 2.45) is 0 Å². The SMILES string of the molecule is C=CCNC(=O)c1cc(NCCc2ccccc2OC)ncn1. The molecule has 120 valence electrons. The van der Waals surface area contributed by atoms with Crippen molar-refractivity contribution in [2.75, 3.05) is 25.5 Å². The van der Waals surface area contributed by atoms with E-state index in [1.165, 1.54) is 6.33 Å². The molecule has 1 aromatic carbocycles. The monoisotopic (exact) mass is 312 g/mol. The third kappa shape index (κ3) is 4.81. The van der Waals surface area contributed by atoms with E-state index in [-0.39, 0.29) is 5.91 Å². The summed E-state index contributed by atoms with van der Waals surface area (Å²) in [5, 5.41) is 5.87. The number of carbonyl (C=O) groups excluding carboxylic acids is 1. The molecular weight excluding hydrogens is 292 g/mol. The largest absolute Gasteiger partial charge is 0.496 e. The minimum absolute atomic E-state index is 0.250. The van der Waals surface area contributed by atoms with E-state index in [0.29, 0.717) is 24.6 Å². The Balaban J connectivity index is 1.93. The molecule has 0 bridgehead atoms. The molecule has 23 heavy (non-hydrogen) atoms. The second-order valence-electron chi connectivity index (χ2n) is 4.78. The van der Waals surface area contributed by atoms with Gasteiger partial charge in [0.2, 0.25) is 0 Å². The van der Waals surface area contributed by atoms with Crippen LogP contribution in [-0.2, 0) is 6.42 Å². The van der Waals surface area contributed by atoms with Gasteiger partial charge in [-0.05, 0) is 18.1 Å². The van der Waals surface area contributed by atoms with Crippen molar-refractivity contribution in [1.29, 1.82) is 0 Å². The highest BCUT2D eigenvalue weighted by Gasteiger charge is 2.07. The predicted octanol–water partition coefficient (Wildman–Crippen LogP) is 2.06. The number of ether oxygens (including phenoxy) is 1. The zero-order valence-electron chi connectivity index (χ0n) is 13.1. The Morgan fingerprint density at radius 3 is 2.96 bits per heavy atom. The van der Waals surface area contributed by atoms with Gasteiger partial charge < -0.3 is 15.4 Å². The number of methoxy groups -OCH3 is 1. The van der Waals surface area contributed by atoms with Crippen LogP contribution in [0.15, 0.2) is 49.3 Å². The number of nitrogens with one attached hydrogen (secondary N) is 2. The second-order valence-corrected chi connectivity index (χ2v) is 4.78. The molecule has 6 heteroatoms. The zero-order chi connectivity index (χ0) is 16.5. The maximum absolute atomic E-state index is 11.8. The molecule has 1 amide bonds. The number of benzene rings is 1. The van der Waals surface area contributed by atoms with Crippen LogP contribution in [0, 0.1) is 0 Å². The molecule has 2 rings (SSSR count). The number of para-hydroxylation sites is 1. The van der Waals surface area contributed by atoms with E-state index >= 15 is 0 Å². The third-order valence-corrected chi connectivity index (χ3v) is 3.20. The van der Waals surface area contributed by atoms with Crippen LogP contribution in [0.4, 0.5) is 5.82 Å². The molecule has 1 aromatic heterocycles. The van der Waals surface area contributed by atoms with E-state index in [2.05, 4.69) is 27.2 Å². The maximum atomic E-state index is 11.8. The summed E-state index contributed by atoms with van der Waals surface area (Å²) in [5.41, 5.74) is 1.43. The third-order valence-electron chi connectivity index (χ3n) is 3.20. The first-order chi connectivity index (χ1) is 11.2. The fourth-order valence-electron chi connectivity index (χ4n) is 2.07. The highest BCUT2D eigenvalue weighted by molar-refractivity contribution is 5.92. The van der Waals surface area contributed by atoms with Crippen molar-refractivity contribution in [3.63, 3.8) is 0 Å². The normalized spacial score (nSPS) is 9.96. The molecule has 0 spiro atoms. The van der Waals surface area contributed by atoms with E-state index in [1.54, 1.807) is 19.3 Å². The van der Waals surface area contributed by atoms with Crippen LogP contribution in [-0.4, -0.2) is 36.1 Å². The van der Waals surface area contributed by atoms with E-state index in [4.69, 9.17) is 4.74 Å². The quantitative estimate of drug-likeness (QED) is 0.730. The van der Waals surface area contributed by atoms with Gasteiger partial charge in [-0.2, -0.15) is 0 Å². The summed E-state index contributed by atoms with van der Waals surface area (Å²) in [4.78, 5) is 19.9. The van der Waals surface area contributed by atoms with Crippen LogP contribution in [0.1, 0.15) is 16.1 Å². The van der Waals surface area contributed by atoms with Gasteiger partial charge in [-0.1, -0.05) is 24.3 Å². The van der Waals surface area contributed by atoms with Gasteiger partial charge in [-0.25, -0.2) is 9.97 Å². The average molecular weight is 312 g/mol. The Bertz CT molecular complexity index is 673. The number of carbonyl (C=O) groups is 1. The van der Waals surface area contributed by atoms with Crippen molar-refractivity contribution in [1.82, 2.24) is 15.3 Å². The Hall–Kier alpha value is -2.89. The molecule has 0 fully saturated rings. The Labute approximate surface area is 135 Å². The number of hydrogen-bond acceptors (Lipinski definition) is 5. The second kappa shape index (κ2) is 8.53. The summed E-state index contributed by atoms with van der Waals surface area (Å²) in [6, 6.07) is 9.50. The lowest BCUT2D eigenvalue weighted by Gasteiger charge is -2.09. The highest BCUT2D eigenvalue weighted by atomic mass is 16.5. The summed E-state index contributed by atoms with van der Waals surface area (Å²) in [7, 11) is 1.66. The standard InChI is InChI=1S/C17H20N4O2/c1-3-9-19-17(22)14-11-16(21-12-20-14)18-10-8-13-6-4-5-7-15(13)23-2/h3-7,11-12H,1,8-10H2,2H3,(H,19,22)(H,18,20,21). The first-order valence-corrected chi connectivity index (χ1v) is 7.31. The fraction of sp³-hybridized carbons (Fsp3) is 0.235. The number of aromatic nitrogens is 2.